The highest BCUT2D eigenvalue weighted by molar-refractivity contribution is 6.11. The number of nitrogens with one attached hydrogen (secondary N) is 1. The van der Waals surface area contributed by atoms with Crippen molar-refractivity contribution >= 4 is 41.3 Å². The van der Waals surface area contributed by atoms with E-state index in [1.54, 1.807) is 7.05 Å². The number of carboxylic acid groups (broad SMARTS) is 1. The van der Waals surface area contributed by atoms with E-state index in [-0.39, 0.29) is 12.8 Å². The van der Waals surface area contributed by atoms with Crippen LogP contribution in [-0.2, 0) is 16.0 Å². The maximum Gasteiger partial charge on any atom is 0.303 e. The second-order valence-corrected chi connectivity index (χ2v) is 10.1. The summed E-state index contributed by atoms with van der Waals surface area (Å²) >= 11 is 0. The molecule has 4 rings (SSSR count). The lowest BCUT2D eigenvalue weighted by Crippen LogP contribution is -2.09. The highest BCUT2D eigenvalue weighted by Crippen LogP contribution is 2.33. The molecule has 0 radical (unpaired) electrons. The van der Waals surface area contributed by atoms with Crippen LogP contribution in [0.15, 0.2) is 87.6 Å². The van der Waals surface area contributed by atoms with Crippen LogP contribution >= 0.6 is 0 Å². The summed E-state index contributed by atoms with van der Waals surface area (Å²) in [5, 5.41) is 9.69. The maximum absolute atomic E-state index is 10.4. The lowest BCUT2D eigenvalue weighted by atomic mass is 9.81. The van der Waals surface area contributed by atoms with E-state index in [9.17, 15) is 4.79 Å². The molecule has 1 aliphatic rings. The molecule has 0 unspecified atom stereocenters. The van der Waals surface area contributed by atoms with Gasteiger partial charge in [0.15, 0.2) is 0 Å². The Balaban J connectivity index is 0.000000291. The number of nitrogens with two attached hydrogens (primary N) is 1. The summed E-state index contributed by atoms with van der Waals surface area (Å²) in [4.78, 5) is 30.9. The Morgan fingerprint density at radius 1 is 1.00 bits per heavy atom. The number of hydrogen-bond donors (Lipinski definition) is 3. The van der Waals surface area contributed by atoms with Crippen molar-refractivity contribution in [3.8, 4) is 0 Å². The first-order chi connectivity index (χ1) is 19.8. The highest BCUT2D eigenvalue weighted by atomic mass is 16.4. The number of hydrogen-bond acceptors (Lipinski definition) is 4. The lowest BCUT2D eigenvalue weighted by Gasteiger charge is -2.24. The summed E-state index contributed by atoms with van der Waals surface area (Å²) in [6.45, 7) is 6.40. The zero-order valence-corrected chi connectivity index (χ0v) is 24.8. The minimum atomic E-state index is -0.754. The van der Waals surface area contributed by atoms with Gasteiger partial charge in [0.05, 0.1) is 0 Å². The number of carbonyl (C=O) groups excluding carboxylic acids is 1. The van der Waals surface area contributed by atoms with Crippen LogP contribution in [0.1, 0.15) is 70.4 Å². The second kappa shape index (κ2) is 18.2. The van der Waals surface area contributed by atoms with Crippen molar-refractivity contribution in [1.82, 2.24) is 4.98 Å². The summed E-state index contributed by atoms with van der Waals surface area (Å²) < 4.78 is 0. The van der Waals surface area contributed by atoms with Crippen LogP contribution in [0.3, 0.4) is 0 Å². The molecule has 41 heavy (non-hydrogen) atoms. The number of primary amides is 1. The predicted molar refractivity (Wildman–Crippen MR) is 171 cm³/mol. The summed E-state index contributed by atoms with van der Waals surface area (Å²) in [6, 6.07) is 18.6. The average molecular weight is 557 g/mol. The van der Waals surface area contributed by atoms with E-state index in [1.165, 1.54) is 48.8 Å². The van der Waals surface area contributed by atoms with E-state index in [4.69, 9.17) is 14.9 Å². The molecule has 2 aromatic carbocycles. The zero-order chi connectivity index (χ0) is 30.0. The summed E-state index contributed by atoms with van der Waals surface area (Å²) in [5.74, 6) is -0.0572. The number of aromatic amines is 1. The molecule has 0 spiro atoms. The van der Waals surface area contributed by atoms with Crippen LogP contribution in [0.25, 0.3) is 16.5 Å². The largest absolute Gasteiger partial charge is 0.481 e. The van der Waals surface area contributed by atoms with Crippen LogP contribution in [0.2, 0.25) is 0 Å². The fourth-order valence-electron chi connectivity index (χ4n) is 4.91. The Bertz CT molecular complexity index is 1360. The molecular weight excluding hydrogens is 512 g/mol. The number of amides is 1. The number of para-hydroxylation sites is 1. The van der Waals surface area contributed by atoms with Crippen molar-refractivity contribution in [3.05, 3.63) is 88.8 Å². The monoisotopic (exact) mass is 556 g/mol. The molecule has 1 aliphatic carbocycles. The van der Waals surface area contributed by atoms with Gasteiger partial charge < -0.3 is 15.8 Å². The first-order valence-corrected chi connectivity index (χ1v) is 14.1. The van der Waals surface area contributed by atoms with Gasteiger partial charge in [0.25, 0.3) is 0 Å². The summed E-state index contributed by atoms with van der Waals surface area (Å²) in [6.07, 6.45) is 13.5. The number of aliphatic imine (C=N–C) groups is 2. The van der Waals surface area contributed by atoms with Crippen molar-refractivity contribution in [1.29, 1.82) is 0 Å². The highest BCUT2D eigenvalue weighted by Gasteiger charge is 2.18. The van der Waals surface area contributed by atoms with Gasteiger partial charge in [0.1, 0.15) is 0 Å². The van der Waals surface area contributed by atoms with E-state index < -0.39 is 5.97 Å². The number of fused-ring (bicyclic) bond motifs is 1. The molecule has 1 saturated carbocycles. The number of nitrogens with zero attached hydrogens (tertiary/aromatic N) is 2. The Hall–Kier alpha value is -4.26. The summed E-state index contributed by atoms with van der Waals surface area (Å²) in [7, 11) is 1.79. The molecule has 0 aliphatic heterocycles. The van der Waals surface area contributed by atoms with E-state index in [0.717, 1.165) is 27.7 Å². The number of allylic oxidation sites excluding steroid dienone is 4. The fourth-order valence-corrected chi connectivity index (χ4v) is 4.91. The maximum atomic E-state index is 10.4. The number of aliphatic carboxylic acids is 1. The quantitative estimate of drug-likeness (QED) is 0.198. The van der Waals surface area contributed by atoms with Crippen LogP contribution in [0.5, 0.6) is 0 Å². The molecule has 3 aromatic rings. The second-order valence-electron chi connectivity index (χ2n) is 10.1. The third-order valence-corrected chi connectivity index (χ3v) is 7.29. The van der Waals surface area contributed by atoms with Gasteiger partial charge in [-0.15, -0.1) is 0 Å². The first kappa shape index (κ1) is 32.9. The number of rotatable bonds is 8. The Morgan fingerprint density at radius 3 is 2.27 bits per heavy atom. The summed E-state index contributed by atoms with van der Waals surface area (Å²) in [5.41, 5.74) is 12.5. The molecular formula is C34H44N4O3. The number of aryl methyl sites for hydroxylation is 1. The van der Waals surface area contributed by atoms with Crippen LogP contribution in [0, 0.1) is 5.92 Å². The molecule has 7 nitrogen and oxygen atoms in total. The van der Waals surface area contributed by atoms with E-state index >= 15 is 0 Å². The third kappa shape index (κ3) is 11.0. The van der Waals surface area contributed by atoms with Crippen LogP contribution in [0.4, 0.5) is 0 Å². The van der Waals surface area contributed by atoms with Gasteiger partial charge >= 0.3 is 5.97 Å². The van der Waals surface area contributed by atoms with Crippen LogP contribution < -0.4 is 5.73 Å². The molecule has 7 heteroatoms. The van der Waals surface area contributed by atoms with Crippen molar-refractivity contribution in [2.75, 3.05) is 7.05 Å². The fraction of sp³-hybridized carbons (Fsp3) is 0.353. The average Bonchev–Trinajstić information content (AvgIpc) is 3.41. The molecule has 218 valence electrons. The van der Waals surface area contributed by atoms with E-state index in [0.29, 0.717) is 12.3 Å². The van der Waals surface area contributed by atoms with Gasteiger partial charge in [-0.2, -0.15) is 0 Å². The van der Waals surface area contributed by atoms with Crippen LogP contribution in [-0.4, -0.2) is 41.9 Å². The number of benzene rings is 2. The van der Waals surface area contributed by atoms with Gasteiger partial charge in [-0.1, -0.05) is 73.4 Å². The van der Waals surface area contributed by atoms with Crippen molar-refractivity contribution in [3.63, 3.8) is 0 Å². The number of carboxylic acids is 1. The minimum Gasteiger partial charge on any atom is -0.481 e. The van der Waals surface area contributed by atoms with Gasteiger partial charge in [0.2, 0.25) is 6.41 Å². The van der Waals surface area contributed by atoms with Crippen molar-refractivity contribution in [2.45, 2.75) is 65.7 Å². The van der Waals surface area contributed by atoms with Gasteiger partial charge in [-0.05, 0) is 74.3 Å². The first-order valence-electron chi connectivity index (χ1n) is 14.1. The Morgan fingerprint density at radius 2 is 1.63 bits per heavy atom. The van der Waals surface area contributed by atoms with E-state index in [1.807, 2.05) is 43.6 Å². The third-order valence-electron chi connectivity index (χ3n) is 7.29. The van der Waals surface area contributed by atoms with Gasteiger partial charge in [0, 0.05) is 48.7 Å². The molecule has 0 atom stereocenters. The van der Waals surface area contributed by atoms with Gasteiger partial charge in [-0.3, -0.25) is 19.6 Å². The number of aromatic nitrogens is 1. The topological polar surface area (TPSA) is 121 Å². The standard InChI is InChI=1S/C22H30N2.C11H11NO2.CH3NO/c1-17(15-23-4)19(3)24-16-22(21-13-9-6-10-14-21)18(2)20-11-7-5-8-12-20;13-11(14)6-5-8-7-12-10-4-2-1-3-9(8)10;2-1-3/h6,9-10,13-16,20H,5,7-8,11-12H2,1-4H3;1-4,7,12H,5-6H2,(H,13,14);1H,(H2,2,3)/b19-17+,22-18-,23-15?,24-16-;;. The molecule has 0 saturated heterocycles. The van der Waals surface area contributed by atoms with Crippen molar-refractivity contribution in [2.24, 2.45) is 21.6 Å². The molecule has 1 fully saturated rings. The lowest BCUT2D eigenvalue weighted by molar-refractivity contribution is -0.136. The number of H-pyrrole nitrogens is 1. The van der Waals surface area contributed by atoms with E-state index in [2.05, 4.69) is 66.1 Å². The molecule has 1 amide bonds. The molecule has 0 bridgehead atoms. The molecule has 4 N–H and O–H groups in total. The SMILES string of the molecule is CN=C/C(C)=C(C)/N=C\C(=C(/C)C1CCCCC1)c1ccccc1.NC=O.O=C(O)CCc1c[nH]c2ccccc12. The Kier molecular flexibility index (Phi) is 14.6. The zero-order valence-electron chi connectivity index (χ0n) is 24.8. The minimum absolute atomic E-state index is 0.182. The number of carbonyl (C=O) groups is 2. The predicted octanol–water partition coefficient (Wildman–Crippen LogP) is 7.39. The Labute approximate surface area is 244 Å². The normalized spacial score (nSPS) is 14.9. The van der Waals surface area contributed by atoms with Gasteiger partial charge in [-0.25, -0.2) is 0 Å². The smallest absolute Gasteiger partial charge is 0.303 e. The van der Waals surface area contributed by atoms with Crippen molar-refractivity contribution < 1.29 is 14.7 Å². The molecule has 1 heterocycles. The molecule has 1 aromatic heterocycles.